The molecular weight excluding hydrogens is 244 g/mol. The Kier molecular flexibility index (Phi) is 6.07. The van der Waals surface area contributed by atoms with Gasteiger partial charge in [0, 0.05) is 26.7 Å². The third kappa shape index (κ3) is 6.78. The number of likely N-dealkylation sites (N-methyl/N-ethyl adjacent to an activating group) is 1. The molecule has 112 valence electrons. The predicted octanol–water partition coefficient (Wildman–Crippen LogP) is 2.01. The van der Waals surface area contributed by atoms with Crippen molar-refractivity contribution in [1.82, 2.24) is 10.2 Å². The van der Waals surface area contributed by atoms with Crippen molar-refractivity contribution in [3.63, 3.8) is 0 Å². The van der Waals surface area contributed by atoms with Crippen molar-refractivity contribution in [2.24, 2.45) is 0 Å². The molecule has 5 nitrogen and oxygen atoms in total. The minimum absolute atomic E-state index is 0.278. The molecule has 2 atom stereocenters. The summed E-state index contributed by atoms with van der Waals surface area (Å²) in [4.78, 5) is 13.3. The van der Waals surface area contributed by atoms with Crippen molar-refractivity contribution in [3.8, 4) is 0 Å². The summed E-state index contributed by atoms with van der Waals surface area (Å²) in [7, 11) is 1.75. The van der Waals surface area contributed by atoms with Gasteiger partial charge in [0.15, 0.2) is 0 Å². The van der Waals surface area contributed by atoms with Crippen molar-refractivity contribution in [3.05, 3.63) is 0 Å². The Morgan fingerprint density at radius 1 is 1.42 bits per heavy atom. The molecule has 0 spiro atoms. The molecule has 1 aliphatic rings. The third-order valence-electron chi connectivity index (χ3n) is 3.02. The highest BCUT2D eigenvalue weighted by Crippen LogP contribution is 2.17. The van der Waals surface area contributed by atoms with E-state index in [0.717, 1.165) is 25.9 Å². The van der Waals surface area contributed by atoms with E-state index in [4.69, 9.17) is 9.47 Å². The zero-order chi connectivity index (χ0) is 14.5. The summed E-state index contributed by atoms with van der Waals surface area (Å²) in [6.07, 6.45) is 2.69. The minimum atomic E-state index is -0.438. The second kappa shape index (κ2) is 7.10. The summed E-state index contributed by atoms with van der Waals surface area (Å²) < 4.78 is 11.0. The van der Waals surface area contributed by atoms with Gasteiger partial charge in [-0.2, -0.15) is 0 Å². The standard InChI is InChI=1S/C14H28N2O3/c1-11-6-7-12(18-11)10-15-8-9-16(5)13(17)19-14(2,3)4/h11-12,15H,6-10H2,1-5H3. The van der Waals surface area contributed by atoms with Gasteiger partial charge in [-0.25, -0.2) is 4.79 Å². The van der Waals surface area contributed by atoms with Crippen LogP contribution in [0.4, 0.5) is 4.79 Å². The van der Waals surface area contributed by atoms with Gasteiger partial charge in [-0.1, -0.05) is 0 Å². The smallest absolute Gasteiger partial charge is 0.410 e. The minimum Gasteiger partial charge on any atom is -0.444 e. The Hall–Kier alpha value is -0.810. The molecule has 19 heavy (non-hydrogen) atoms. The van der Waals surface area contributed by atoms with Crippen LogP contribution in [0.5, 0.6) is 0 Å². The monoisotopic (exact) mass is 272 g/mol. The summed E-state index contributed by atoms with van der Waals surface area (Å²) in [5.74, 6) is 0. The average Bonchev–Trinajstić information content (AvgIpc) is 2.68. The number of nitrogens with one attached hydrogen (secondary N) is 1. The number of hydrogen-bond donors (Lipinski definition) is 1. The SMILES string of the molecule is CC1CCC(CNCCN(C)C(=O)OC(C)(C)C)O1. The zero-order valence-electron chi connectivity index (χ0n) is 12.9. The van der Waals surface area contributed by atoms with E-state index in [1.54, 1.807) is 11.9 Å². The maximum atomic E-state index is 11.7. The van der Waals surface area contributed by atoms with E-state index >= 15 is 0 Å². The van der Waals surface area contributed by atoms with E-state index in [-0.39, 0.29) is 6.09 Å². The molecule has 1 rings (SSSR count). The van der Waals surface area contributed by atoms with Crippen molar-refractivity contribution in [2.75, 3.05) is 26.7 Å². The second-order valence-electron chi connectivity index (χ2n) is 6.25. The van der Waals surface area contributed by atoms with Crippen LogP contribution in [-0.2, 0) is 9.47 Å². The van der Waals surface area contributed by atoms with Gasteiger partial charge in [0.1, 0.15) is 5.60 Å². The molecular formula is C14H28N2O3. The predicted molar refractivity (Wildman–Crippen MR) is 75.3 cm³/mol. The Morgan fingerprint density at radius 2 is 2.11 bits per heavy atom. The van der Waals surface area contributed by atoms with Gasteiger partial charge in [0.2, 0.25) is 0 Å². The molecule has 1 N–H and O–H groups in total. The Bertz CT molecular complexity index is 289. The number of carbonyl (C=O) groups excluding carboxylic acids is 1. The Labute approximate surface area is 116 Å². The van der Waals surface area contributed by atoms with Crippen molar-refractivity contribution >= 4 is 6.09 Å². The molecule has 1 aliphatic heterocycles. The Balaban J connectivity index is 2.10. The zero-order valence-corrected chi connectivity index (χ0v) is 12.9. The van der Waals surface area contributed by atoms with Gasteiger partial charge >= 0.3 is 6.09 Å². The Morgan fingerprint density at radius 3 is 2.63 bits per heavy atom. The van der Waals surface area contributed by atoms with Crippen LogP contribution in [0, 0.1) is 0 Å². The lowest BCUT2D eigenvalue weighted by Crippen LogP contribution is -2.39. The number of hydrogen-bond acceptors (Lipinski definition) is 4. The molecule has 2 unspecified atom stereocenters. The van der Waals surface area contributed by atoms with E-state index < -0.39 is 5.60 Å². The number of nitrogens with zero attached hydrogens (tertiary/aromatic N) is 1. The molecule has 0 aromatic carbocycles. The lowest BCUT2D eigenvalue weighted by Gasteiger charge is -2.24. The fourth-order valence-corrected chi connectivity index (χ4v) is 1.98. The molecule has 0 aromatic rings. The highest BCUT2D eigenvalue weighted by atomic mass is 16.6. The first kappa shape index (κ1) is 16.2. The number of carbonyl (C=O) groups is 1. The van der Waals surface area contributed by atoms with E-state index in [2.05, 4.69) is 12.2 Å². The summed E-state index contributed by atoms with van der Waals surface area (Å²) in [6, 6.07) is 0. The highest BCUT2D eigenvalue weighted by Gasteiger charge is 2.21. The van der Waals surface area contributed by atoms with Gasteiger partial charge in [-0.3, -0.25) is 0 Å². The largest absolute Gasteiger partial charge is 0.444 e. The first-order chi connectivity index (χ1) is 8.78. The lowest BCUT2D eigenvalue weighted by atomic mass is 10.2. The molecule has 0 aromatic heterocycles. The third-order valence-corrected chi connectivity index (χ3v) is 3.02. The molecule has 0 bridgehead atoms. The first-order valence-corrected chi connectivity index (χ1v) is 7.08. The van der Waals surface area contributed by atoms with E-state index in [1.807, 2.05) is 20.8 Å². The summed E-state index contributed by atoms with van der Waals surface area (Å²) in [5.41, 5.74) is -0.438. The summed E-state index contributed by atoms with van der Waals surface area (Å²) in [6.45, 7) is 9.96. The average molecular weight is 272 g/mol. The quantitative estimate of drug-likeness (QED) is 0.778. The van der Waals surface area contributed by atoms with Crippen LogP contribution >= 0.6 is 0 Å². The van der Waals surface area contributed by atoms with Crippen molar-refractivity contribution in [2.45, 2.75) is 58.3 Å². The van der Waals surface area contributed by atoms with Gasteiger partial charge < -0.3 is 19.7 Å². The van der Waals surface area contributed by atoms with Crippen LogP contribution in [0.3, 0.4) is 0 Å². The molecule has 0 aliphatic carbocycles. The van der Waals surface area contributed by atoms with Crippen LogP contribution in [0.1, 0.15) is 40.5 Å². The second-order valence-corrected chi connectivity index (χ2v) is 6.25. The van der Waals surface area contributed by atoms with E-state index in [9.17, 15) is 4.79 Å². The van der Waals surface area contributed by atoms with Crippen LogP contribution in [0.25, 0.3) is 0 Å². The van der Waals surface area contributed by atoms with Gasteiger partial charge in [0.05, 0.1) is 12.2 Å². The molecule has 1 fully saturated rings. The maximum Gasteiger partial charge on any atom is 0.410 e. The fraction of sp³-hybridized carbons (Fsp3) is 0.929. The van der Waals surface area contributed by atoms with Gasteiger partial charge in [-0.15, -0.1) is 0 Å². The van der Waals surface area contributed by atoms with E-state index in [1.165, 1.54) is 0 Å². The van der Waals surface area contributed by atoms with Gasteiger partial charge in [-0.05, 0) is 40.5 Å². The molecule has 5 heteroatoms. The normalized spacial score (nSPS) is 23.4. The highest BCUT2D eigenvalue weighted by molar-refractivity contribution is 5.67. The molecule has 0 saturated carbocycles. The van der Waals surface area contributed by atoms with Gasteiger partial charge in [0.25, 0.3) is 0 Å². The number of amides is 1. The maximum absolute atomic E-state index is 11.7. The summed E-state index contributed by atoms with van der Waals surface area (Å²) >= 11 is 0. The lowest BCUT2D eigenvalue weighted by molar-refractivity contribution is 0.0296. The molecule has 1 amide bonds. The van der Waals surface area contributed by atoms with Crippen LogP contribution in [-0.4, -0.2) is 55.5 Å². The number of ether oxygens (including phenoxy) is 2. The summed E-state index contributed by atoms with van der Waals surface area (Å²) in [5, 5.41) is 3.32. The topological polar surface area (TPSA) is 50.8 Å². The first-order valence-electron chi connectivity index (χ1n) is 7.08. The molecule has 0 radical (unpaired) electrons. The number of rotatable bonds is 5. The van der Waals surface area contributed by atoms with Crippen LogP contribution < -0.4 is 5.32 Å². The molecule has 1 heterocycles. The fourth-order valence-electron chi connectivity index (χ4n) is 1.98. The van der Waals surface area contributed by atoms with Crippen molar-refractivity contribution < 1.29 is 14.3 Å². The van der Waals surface area contributed by atoms with Crippen LogP contribution in [0.15, 0.2) is 0 Å². The van der Waals surface area contributed by atoms with E-state index in [0.29, 0.717) is 18.8 Å². The van der Waals surface area contributed by atoms with Crippen molar-refractivity contribution in [1.29, 1.82) is 0 Å². The van der Waals surface area contributed by atoms with Crippen LogP contribution in [0.2, 0.25) is 0 Å². The molecule has 1 saturated heterocycles.